The van der Waals surface area contributed by atoms with E-state index in [0.717, 1.165) is 12.3 Å². The number of amides is 1. The van der Waals surface area contributed by atoms with Gasteiger partial charge < -0.3 is 4.90 Å². The molecule has 0 aromatic heterocycles. The van der Waals surface area contributed by atoms with Crippen LogP contribution in [0.15, 0.2) is 0 Å². The smallest absolute Gasteiger partial charge is 0.222 e. The average Bonchev–Trinajstić information content (AvgIpc) is 2.08. The normalized spacial score (nSPS) is 30.4. The largest absolute Gasteiger partial charge is 0.338 e. The number of nitrogens with zero attached hydrogens (tertiary/aromatic N) is 1. The number of carbonyl (C=O) groups is 1. The fraction of sp³-hybridized carbons (Fsp3) is 0.889. The van der Waals surface area contributed by atoms with Crippen LogP contribution in [0.2, 0.25) is 0 Å². The highest BCUT2D eigenvalue weighted by molar-refractivity contribution is 8.00. The van der Waals surface area contributed by atoms with Crippen molar-refractivity contribution in [2.45, 2.75) is 38.5 Å². The summed E-state index contributed by atoms with van der Waals surface area (Å²) < 4.78 is 0. The molecule has 12 heavy (non-hydrogen) atoms. The van der Waals surface area contributed by atoms with Gasteiger partial charge in [-0.3, -0.25) is 4.79 Å². The molecule has 1 rings (SSSR count). The van der Waals surface area contributed by atoms with E-state index < -0.39 is 0 Å². The molecule has 1 heterocycles. The van der Waals surface area contributed by atoms with Gasteiger partial charge in [0.2, 0.25) is 5.91 Å². The summed E-state index contributed by atoms with van der Waals surface area (Å²) in [7, 11) is 0. The first-order valence-corrected chi connectivity index (χ1v) is 5.62. The summed E-state index contributed by atoms with van der Waals surface area (Å²) in [6.07, 6.45) is 0.641. The SMILES string of the molecule is CCC(=O)N1CCSC(C)C1C. The fourth-order valence-electron chi connectivity index (χ4n) is 1.49. The van der Waals surface area contributed by atoms with Crippen LogP contribution in [-0.4, -0.2) is 34.4 Å². The van der Waals surface area contributed by atoms with E-state index in [-0.39, 0.29) is 0 Å². The Morgan fingerprint density at radius 2 is 2.25 bits per heavy atom. The Bertz CT molecular complexity index is 172. The van der Waals surface area contributed by atoms with Crippen molar-refractivity contribution in [2.24, 2.45) is 0 Å². The minimum absolute atomic E-state index is 0.301. The van der Waals surface area contributed by atoms with Crippen molar-refractivity contribution < 1.29 is 4.79 Å². The molecule has 0 N–H and O–H groups in total. The van der Waals surface area contributed by atoms with Gasteiger partial charge in [0.05, 0.1) is 0 Å². The van der Waals surface area contributed by atoms with Crippen LogP contribution in [0.4, 0.5) is 0 Å². The molecule has 1 fully saturated rings. The maximum atomic E-state index is 11.4. The van der Waals surface area contributed by atoms with Crippen LogP contribution in [0.3, 0.4) is 0 Å². The van der Waals surface area contributed by atoms with Gasteiger partial charge in [0, 0.05) is 30.0 Å². The Hall–Kier alpha value is -0.180. The van der Waals surface area contributed by atoms with Crippen LogP contribution in [0.25, 0.3) is 0 Å². The van der Waals surface area contributed by atoms with Crippen LogP contribution in [0, 0.1) is 0 Å². The lowest BCUT2D eigenvalue weighted by Gasteiger charge is -2.37. The number of thioether (sulfide) groups is 1. The molecule has 0 aromatic carbocycles. The van der Waals surface area contributed by atoms with E-state index in [1.54, 1.807) is 0 Å². The summed E-state index contributed by atoms with van der Waals surface area (Å²) in [6.45, 7) is 7.21. The summed E-state index contributed by atoms with van der Waals surface area (Å²) in [6, 6.07) is 0.413. The molecule has 2 nitrogen and oxygen atoms in total. The fourth-order valence-corrected chi connectivity index (χ4v) is 2.59. The summed E-state index contributed by atoms with van der Waals surface area (Å²) >= 11 is 1.96. The van der Waals surface area contributed by atoms with Crippen molar-refractivity contribution >= 4 is 17.7 Å². The predicted molar refractivity (Wildman–Crippen MR) is 53.4 cm³/mol. The van der Waals surface area contributed by atoms with E-state index in [9.17, 15) is 4.79 Å². The molecule has 1 saturated heterocycles. The lowest BCUT2D eigenvalue weighted by atomic mass is 10.2. The van der Waals surface area contributed by atoms with Gasteiger partial charge in [-0.2, -0.15) is 11.8 Å². The second kappa shape index (κ2) is 4.17. The molecule has 0 aromatic rings. The van der Waals surface area contributed by atoms with E-state index >= 15 is 0 Å². The highest BCUT2D eigenvalue weighted by Crippen LogP contribution is 2.24. The number of carbonyl (C=O) groups excluding carboxylic acids is 1. The number of hydrogen-bond acceptors (Lipinski definition) is 2. The Morgan fingerprint density at radius 1 is 1.58 bits per heavy atom. The van der Waals surface area contributed by atoms with Gasteiger partial charge in [-0.15, -0.1) is 0 Å². The summed E-state index contributed by atoms with van der Waals surface area (Å²) in [5, 5.41) is 0.592. The Kier molecular flexibility index (Phi) is 3.44. The van der Waals surface area contributed by atoms with Crippen LogP contribution in [-0.2, 0) is 4.79 Å². The Morgan fingerprint density at radius 3 is 2.83 bits per heavy atom. The molecule has 1 aliphatic heterocycles. The summed E-state index contributed by atoms with van der Waals surface area (Å²) in [5.74, 6) is 1.40. The number of hydrogen-bond donors (Lipinski definition) is 0. The van der Waals surface area contributed by atoms with Crippen molar-refractivity contribution in [3.8, 4) is 0 Å². The molecule has 3 heteroatoms. The maximum Gasteiger partial charge on any atom is 0.222 e. The molecule has 2 unspecified atom stereocenters. The topological polar surface area (TPSA) is 20.3 Å². The van der Waals surface area contributed by atoms with Crippen LogP contribution in [0.1, 0.15) is 27.2 Å². The molecule has 2 atom stereocenters. The zero-order valence-electron chi connectivity index (χ0n) is 8.04. The standard InChI is InChI=1S/C9H17NOS/c1-4-9(11)10-5-6-12-8(3)7(10)2/h7-8H,4-6H2,1-3H3. The Labute approximate surface area is 78.7 Å². The lowest BCUT2D eigenvalue weighted by Crippen LogP contribution is -2.47. The second-order valence-corrected chi connectivity index (χ2v) is 4.74. The molecule has 1 amide bonds. The minimum atomic E-state index is 0.301. The van der Waals surface area contributed by atoms with Gasteiger partial charge in [-0.05, 0) is 6.92 Å². The second-order valence-electron chi connectivity index (χ2n) is 3.26. The monoisotopic (exact) mass is 187 g/mol. The third-order valence-corrected chi connectivity index (χ3v) is 3.84. The van der Waals surface area contributed by atoms with Gasteiger partial charge in [0.25, 0.3) is 0 Å². The molecular weight excluding hydrogens is 170 g/mol. The van der Waals surface area contributed by atoms with Crippen molar-refractivity contribution in [1.82, 2.24) is 4.90 Å². The molecule has 1 aliphatic rings. The van der Waals surface area contributed by atoms with Gasteiger partial charge in [-0.25, -0.2) is 0 Å². The van der Waals surface area contributed by atoms with Gasteiger partial charge >= 0.3 is 0 Å². The molecule has 0 aliphatic carbocycles. The van der Waals surface area contributed by atoms with Crippen LogP contribution in [0.5, 0.6) is 0 Å². The molecule has 0 radical (unpaired) electrons. The first kappa shape index (κ1) is 9.90. The molecule has 0 saturated carbocycles. The maximum absolute atomic E-state index is 11.4. The van der Waals surface area contributed by atoms with Gasteiger partial charge in [0.15, 0.2) is 0 Å². The molecule has 70 valence electrons. The third kappa shape index (κ3) is 1.94. The van der Waals surface area contributed by atoms with Crippen molar-refractivity contribution in [3.05, 3.63) is 0 Å². The van der Waals surface area contributed by atoms with E-state index in [1.165, 1.54) is 0 Å². The zero-order valence-corrected chi connectivity index (χ0v) is 8.86. The van der Waals surface area contributed by atoms with Crippen LogP contribution >= 0.6 is 11.8 Å². The Balaban J connectivity index is 2.57. The van der Waals surface area contributed by atoms with Crippen molar-refractivity contribution in [3.63, 3.8) is 0 Å². The zero-order chi connectivity index (χ0) is 9.14. The first-order valence-electron chi connectivity index (χ1n) is 4.58. The van der Waals surface area contributed by atoms with E-state index in [2.05, 4.69) is 13.8 Å². The van der Waals surface area contributed by atoms with E-state index in [0.29, 0.717) is 23.6 Å². The molecular formula is C9H17NOS. The van der Waals surface area contributed by atoms with Crippen molar-refractivity contribution in [1.29, 1.82) is 0 Å². The average molecular weight is 187 g/mol. The van der Waals surface area contributed by atoms with Gasteiger partial charge in [-0.1, -0.05) is 13.8 Å². The quantitative estimate of drug-likeness (QED) is 0.623. The summed E-state index contributed by atoms with van der Waals surface area (Å²) in [5.41, 5.74) is 0. The highest BCUT2D eigenvalue weighted by Gasteiger charge is 2.27. The van der Waals surface area contributed by atoms with E-state index in [1.807, 2.05) is 23.6 Å². The first-order chi connectivity index (χ1) is 5.66. The number of rotatable bonds is 1. The van der Waals surface area contributed by atoms with Gasteiger partial charge in [0.1, 0.15) is 0 Å². The highest BCUT2D eigenvalue weighted by atomic mass is 32.2. The lowest BCUT2D eigenvalue weighted by molar-refractivity contribution is -0.132. The summed E-state index contributed by atoms with van der Waals surface area (Å²) in [4.78, 5) is 13.5. The van der Waals surface area contributed by atoms with Crippen LogP contribution < -0.4 is 0 Å². The van der Waals surface area contributed by atoms with Crippen molar-refractivity contribution in [2.75, 3.05) is 12.3 Å². The van der Waals surface area contributed by atoms with E-state index in [4.69, 9.17) is 0 Å². The molecule has 0 bridgehead atoms. The minimum Gasteiger partial charge on any atom is -0.338 e. The predicted octanol–water partition coefficient (Wildman–Crippen LogP) is 1.75. The molecule has 0 spiro atoms. The third-order valence-electron chi connectivity index (χ3n) is 2.51.